The van der Waals surface area contributed by atoms with Crippen molar-refractivity contribution in [1.29, 1.82) is 0 Å². The molecule has 0 radical (unpaired) electrons. The maximum absolute atomic E-state index is 12.6. The quantitative estimate of drug-likeness (QED) is 0.590. The number of anilines is 1. The molecule has 1 saturated carbocycles. The Balaban J connectivity index is 1.82. The van der Waals surface area contributed by atoms with Gasteiger partial charge < -0.3 is 20.9 Å². The summed E-state index contributed by atoms with van der Waals surface area (Å²) >= 11 is 0. The molecule has 28 heavy (non-hydrogen) atoms. The Morgan fingerprint density at radius 2 is 2.07 bits per heavy atom. The molecule has 0 aromatic carbocycles. The lowest BCUT2D eigenvalue weighted by atomic mass is 9.79. The van der Waals surface area contributed by atoms with E-state index in [1.807, 2.05) is 6.92 Å². The molecule has 4 rings (SSSR count). The van der Waals surface area contributed by atoms with Gasteiger partial charge in [-0.2, -0.15) is 4.73 Å². The van der Waals surface area contributed by atoms with Gasteiger partial charge in [-0.1, -0.05) is 19.3 Å². The minimum absolute atomic E-state index is 0.0136. The van der Waals surface area contributed by atoms with E-state index in [2.05, 4.69) is 25.6 Å². The van der Waals surface area contributed by atoms with Crippen LogP contribution in [0.1, 0.15) is 53.7 Å². The van der Waals surface area contributed by atoms with Gasteiger partial charge in [0.25, 0.3) is 5.91 Å². The molecule has 0 saturated heterocycles. The van der Waals surface area contributed by atoms with Crippen LogP contribution in [-0.4, -0.2) is 44.1 Å². The number of aryl methyl sites for hydroxylation is 1. The lowest BCUT2D eigenvalue weighted by Crippen LogP contribution is -2.43. The molecule has 1 fully saturated rings. The second-order valence-corrected chi connectivity index (χ2v) is 7.34. The SMILES string of the molecule is Cc1cc(=Nc2cc(NCCO)ncn2)n(O)c2c1C(=O)NC21CCCCC1. The van der Waals surface area contributed by atoms with Gasteiger partial charge in [-0.3, -0.25) is 4.79 Å². The van der Waals surface area contributed by atoms with Gasteiger partial charge in [-0.05, 0) is 31.4 Å². The fraction of sp³-hybridized carbons (Fsp3) is 0.474. The Bertz CT molecular complexity index is 978. The zero-order valence-corrected chi connectivity index (χ0v) is 15.8. The topological polar surface area (TPSA) is 125 Å². The molecule has 1 aliphatic carbocycles. The van der Waals surface area contributed by atoms with Crippen LogP contribution in [0.4, 0.5) is 11.6 Å². The number of hydrogen-bond acceptors (Lipinski definition) is 7. The third kappa shape index (κ3) is 3.11. The number of amides is 1. The molecule has 0 bridgehead atoms. The number of aromatic nitrogens is 3. The molecule has 2 aliphatic rings. The summed E-state index contributed by atoms with van der Waals surface area (Å²) in [7, 11) is 0. The van der Waals surface area contributed by atoms with Gasteiger partial charge in [-0.15, -0.1) is 0 Å². The van der Waals surface area contributed by atoms with Crippen LogP contribution in [0.25, 0.3) is 0 Å². The van der Waals surface area contributed by atoms with E-state index in [9.17, 15) is 10.0 Å². The minimum Gasteiger partial charge on any atom is -0.427 e. The van der Waals surface area contributed by atoms with Gasteiger partial charge in [0.15, 0.2) is 11.3 Å². The largest absolute Gasteiger partial charge is 0.427 e. The zero-order chi connectivity index (χ0) is 19.7. The first-order valence-corrected chi connectivity index (χ1v) is 9.54. The molecule has 4 N–H and O–H groups in total. The van der Waals surface area contributed by atoms with Gasteiger partial charge in [0.05, 0.1) is 23.4 Å². The van der Waals surface area contributed by atoms with Gasteiger partial charge in [-0.25, -0.2) is 15.0 Å². The predicted octanol–water partition coefficient (Wildman–Crippen LogP) is 1.36. The average molecular weight is 384 g/mol. The van der Waals surface area contributed by atoms with Crippen LogP contribution in [0.2, 0.25) is 0 Å². The van der Waals surface area contributed by atoms with E-state index in [0.717, 1.165) is 42.4 Å². The van der Waals surface area contributed by atoms with E-state index in [0.29, 0.717) is 34.9 Å². The van der Waals surface area contributed by atoms with Gasteiger partial charge in [0.1, 0.15) is 12.1 Å². The van der Waals surface area contributed by atoms with Crippen LogP contribution in [0.5, 0.6) is 0 Å². The number of hydrogen-bond donors (Lipinski definition) is 4. The summed E-state index contributed by atoms with van der Waals surface area (Å²) in [6.45, 7) is 2.21. The van der Waals surface area contributed by atoms with Crippen molar-refractivity contribution in [2.45, 2.75) is 44.6 Å². The fourth-order valence-electron chi connectivity index (χ4n) is 4.20. The van der Waals surface area contributed by atoms with E-state index in [-0.39, 0.29) is 12.5 Å². The van der Waals surface area contributed by atoms with Crippen LogP contribution < -0.4 is 16.1 Å². The average Bonchev–Trinajstić information content (AvgIpc) is 2.97. The summed E-state index contributed by atoms with van der Waals surface area (Å²) in [5.41, 5.74) is 1.69. The molecular formula is C19H24N6O3. The van der Waals surface area contributed by atoms with Crippen molar-refractivity contribution in [1.82, 2.24) is 20.0 Å². The normalized spacial score (nSPS) is 18.2. The Morgan fingerprint density at radius 1 is 1.29 bits per heavy atom. The molecule has 0 unspecified atom stereocenters. The number of aliphatic hydroxyl groups is 1. The molecule has 2 aromatic rings. The predicted molar refractivity (Wildman–Crippen MR) is 101 cm³/mol. The van der Waals surface area contributed by atoms with Crippen molar-refractivity contribution >= 4 is 17.5 Å². The second-order valence-electron chi connectivity index (χ2n) is 7.34. The summed E-state index contributed by atoms with van der Waals surface area (Å²) in [6.07, 6.45) is 6.12. The fourth-order valence-corrected chi connectivity index (χ4v) is 4.20. The Labute approximate surface area is 162 Å². The van der Waals surface area contributed by atoms with Gasteiger partial charge in [0.2, 0.25) is 0 Å². The van der Waals surface area contributed by atoms with Crippen LogP contribution in [-0.2, 0) is 5.54 Å². The third-order valence-electron chi connectivity index (χ3n) is 5.45. The standard InChI is InChI=1S/C19H24N6O3/c1-12-9-15(23-14-10-13(20-7-8-26)21-11-22-14)25(28)17-16(12)18(27)24-19(17)5-3-2-4-6-19/h9-11,26,28H,2-8H2,1H3,(H,24,27)(H,20,21,22). The Kier molecular flexibility index (Phi) is 4.76. The summed E-state index contributed by atoms with van der Waals surface area (Å²) < 4.78 is 1.04. The molecule has 1 aliphatic heterocycles. The first-order chi connectivity index (χ1) is 13.5. The molecule has 0 atom stereocenters. The van der Waals surface area contributed by atoms with Crippen molar-refractivity contribution in [3.8, 4) is 0 Å². The number of carbonyl (C=O) groups excluding carboxylic acids is 1. The first kappa shape index (κ1) is 18.4. The number of pyridine rings is 1. The summed E-state index contributed by atoms with van der Waals surface area (Å²) in [5.74, 6) is 0.764. The minimum atomic E-state index is -0.533. The van der Waals surface area contributed by atoms with Crippen molar-refractivity contribution in [3.63, 3.8) is 0 Å². The summed E-state index contributed by atoms with van der Waals surface area (Å²) in [4.78, 5) is 25.3. The van der Waals surface area contributed by atoms with Crippen molar-refractivity contribution in [2.24, 2.45) is 4.99 Å². The maximum Gasteiger partial charge on any atom is 0.254 e. The Morgan fingerprint density at radius 3 is 2.82 bits per heavy atom. The second kappa shape index (κ2) is 7.23. The van der Waals surface area contributed by atoms with Crippen LogP contribution in [0, 0.1) is 6.92 Å². The number of carbonyl (C=O) groups is 1. The zero-order valence-electron chi connectivity index (χ0n) is 15.8. The molecule has 1 amide bonds. The summed E-state index contributed by atoms with van der Waals surface area (Å²) in [6, 6.07) is 3.32. The van der Waals surface area contributed by atoms with E-state index in [1.54, 1.807) is 12.1 Å². The monoisotopic (exact) mass is 384 g/mol. The van der Waals surface area contributed by atoms with Crippen LogP contribution in [0.15, 0.2) is 23.5 Å². The number of fused-ring (bicyclic) bond motifs is 2. The number of rotatable bonds is 4. The molecule has 148 valence electrons. The van der Waals surface area contributed by atoms with Crippen molar-refractivity contribution in [3.05, 3.63) is 40.8 Å². The maximum atomic E-state index is 12.6. The smallest absolute Gasteiger partial charge is 0.254 e. The van der Waals surface area contributed by atoms with Crippen molar-refractivity contribution in [2.75, 3.05) is 18.5 Å². The number of nitrogens with zero attached hydrogens (tertiary/aromatic N) is 4. The third-order valence-corrected chi connectivity index (χ3v) is 5.45. The highest BCUT2D eigenvalue weighted by Gasteiger charge is 2.47. The lowest BCUT2D eigenvalue weighted by Gasteiger charge is -2.34. The number of nitrogens with one attached hydrogen (secondary N) is 2. The highest BCUT2D eigenvalue weighted by Crippen LogP contribution is 2.42. The van der Waals surface area contributed by atoms with Crippen LogP contribution in [0.3, 0.4) is 0 Å². The van der Waals surface area contributed by atoms with Crippen molar-refractivity contribution < 1.29 is 15.1 Å². The van der Waals surface area contributed by atoms with Crippen LogP contribution >= 0.6 is 0 Å². The first-order valence-electron chi connectivity index (χ1n) is 9.54. The molecule has 1 spiro atoms. The van der Waals surface area contributed by atoms with E-state index in [4.69, 9.17) is 5.11 Å². The van der Waals surface area contributed by atoms with E-state index < -0.39 is 5.54 Å². The lowest BCUT2D eigenvalue weighted by molar-refractivity contribution is 0.0892. The summed E-state index contributed by atoms with van der Waals surface area (Å²) in [5, 5.41) is 26.0. The highest BCUT2D eigenvalue weighted by molar-refractivity contribution is 6.00. The van der Waals surface area contributed by atoms with E-state index in [1.165, 1.54) is 6.33 Å². The Hall–Kier alpha value is -2.94. The molecular weight excluding hydrogens is 360 g/mol. The molecule has 3 heterocycles. The molecule has 9 nitrogen and oxygen atoms in total. The highest BCUT2D eigenvalue weighted by atomic mass is 16.5. The molecule has 2 aromatic heterocycles. The number of aliphatic hydroxyl groups excluding tert-OH is 1. The van der Waals surface area contributed by atoms with Gasteiger partial charge >= 0.3 is 0 Å². The molecule has 9 heteroatoms. The van der Waals surface area contributed by atoms with E-state index >= 15 is 0 Å². The van der Waals surface area contributed by atoms with Gasteiger partial charge in [0, 0.05) is 12.6 Å².